The Balaban J connectivity index is 1.50. The van der Waals surface area contributed by atoms with Gasteiger partial charge >= 0.3 is 5.97 Å². The molecule has 0 N–H and O–H groups in total. The number of hydrogen-bond donors (Lipinski definition) is 0. The van der Waals surface area contributed by atoms with Crippen molar-refractivity contribution in [3.8, 4) is 0 Å². The molecule has 3 nitrogen and oxygen atoms in total. The molecular formula is C27H42O3. The van der Waals surface area contributed by atoms with Crippen molar-refractivity contribution in [2.24, 2.45) is 40.4 Å². The number of allylic oxidation sites excluding steroid dienone is 1. The Morgan fingerprint density at radius 2 is 1.93 bits per heavy atom. The highest BCUT2D eigenvalue weighted by Gasteiger charge is 2.59. The van der Waals surface area contributed by atoms with Crippen molar-refractivity contribution in [3.05, 3.63) is 11.6 Å². The van der Waals surface area contributed by atoms with Crippen molar-refractivity contribution >= 4 is 11.8 Å². The van der Waals surface area contributed by atoms with E-state index in [0.29, 0.717) is 30.1 Å². The first-order valence-electron chi connectivity index (χ1n) is 12.7. The molecule has 0 aromatic carbocycles. The van der Waals surface area contributed by atoms with Gasteiger partial charge in [0.25, 0.3) is 0 Å². The van der Waals surface area contributed by atoms with E-state index in [1.54, 1.807) is 0 Å². The predicted molar refractivity (Wildman–Crippen MR) is 120 cm³/mol. The molecule has 0 aliphatic heterocycles. The van der Waals surface area contributed by atoms with Crippen LogP contribution in [0.4, 0.5) is 0 Å². The van der Waals surface area contributed by atoms with Crippen molar-refractivity contribution < 1.29 is 14.3 Å². The summed E-state index contributed by atoms with van der Waals surface area (Å²) >= 11 is 0. The van der Waals surface area contributed by atoms with Crippen LogP contribution in [0.5, 0.6) is 0 Å². The predicted octanol–water partition coefficient (Wildman–Crippen LogP) is 6.50. The minimum Gasteiger partial charge on any atom is -0.466 e. The van der Waals surface area contributed by atoms with Crippen molar-refractivity contribution in [2.75, 3.05) is 6.61 Å². The lowest BCUT2D eigenvalue weighted by Gasteiger charge is -2.60. The second-order valence-corrected chi connectivity index (χ2v) is 11.2. The molecule has 0 amide bonds. The Hall–Kier alpha value is -1.12. The van der Waals surface area contributed by atoms with Gasteiger partial charge < -0.3 is 4.74 Å². The molecule has 168 valence electrons. The molecule has 3 saturated carbocycles. The standard InChI is InChI=1S/C27H42O3/c1-5-18-16-21-22-11-10-19(8-7-9-25(29)30-6-2)26(22,3)15-13-23(21)27(4)14-12-20(28)17-24(18)27/h17-19,21-23H,5-16H2,1-4H3. The van der Waals surface area contributed by atoms with Gasteiger partial charge in [-0.2, -0.15) is 0 Å². The third-order valence-electron chi connectivity index (χ3n) is 10.0. The fraction of sp³-hybridized carbons (Fsp3) is 0.852. The summed E-state index contributed by atoms with van der Waals surface area (Å²) in [6.07, 6.45) is 14.4. The van der Waals surface area contributed by atoms with Crippen LogP contribution in [0, 0.1) is 40.4 Å². The number of ketones is 1. The Morgan fingerprint density at radius 3 is 2.67 bits per heavy atom. The van der Waals surface area contributed by atoms with E-state index < -0.39 is 0 Å². The lowest BCUT2D eigenvalue weighted by molar-refractivity contribution is -0.143. The van der Waals surface area contributed by atoms with Crippen molar-refractivity contribution in [3.63, 3.8) is 0 Å². The third kappa shape index (κ3) is 3.58. The van der Waals surface area contributed by atoms with Crippen LogP contribution in [-0.4, -0.2) is 18.4 Å². The molecule has 30 heavy (non-hydrogen) atoms. The summed E-state index contributed by atoms with van der Waals surface area (Å²) in [5, 5.41) is 0. The highest BCUT2D eigenvalue weighted by Crippen LogP contribution is 2.68. The smallest absolute Gasteiger partial charge is 0.305 e. The average molecular weight is 415 g/mol. The molecule has 3 fully saturated rings. The van der Waals surface area contributed by atoms with E-state index in [-0.39, 0.29) is 11.4 Å². The van der Waals surface area contributed by atoms with Crippen LogP contribution in [0.2, 0.25) is 0 Å². The third-order valence-corrected chi connectivity index (χ3v) is 10.0. The quantitative estimate of drug-likeness (QED) is 0.466. The first kappa shape index (κ1) is 22.1. The van der Waals surface area contributed by atoms with Crippen LogP contribution in [0.3, 0.4) is 0 Å². The zero-order valence-electron chi connectivity index (χ0n) is 19.7. The highest BCUT2D eigenvalue weighted by atomic mass is 16.5. The molecule has 0 aromatic heterocycles. The molecule has 0 heterocycles. The van der Waals surface area contributed by atoms with Crippen LogP contribution >= 0.6 is 0 Å². The molecule has 4 aliphatic carbocycles. The topological polar surface area (TPSA) is 43.4 Å². The van der Waals surface area contributed by atoms with E-state index in [4.69, 9.17) is 4.74 Å². The minimum absolute atomic E-state index is 0.0296. The fourth-order valence-electron chi connectivity index (χ4n) is 8.48. The van der Waals surface area contributed by atoms with E-state index in [2.05, 4.69) is 26.8 Å². The van der Waals surface area contributed by atoms with Gasteiger partial charge in [0, 0.05) is 12.8 Å². The Labute approximate surface area is 183 Å². The van der Waals surface area contributed by atoms with Crippen LogP contribution in [0.15, 0.2) is 11.6 Å². The van der Waals surface area contributed by atoms with Gasteiger partial charge in [-0.05, 0) is 111 Å². The maximum absolute atomic E-state index is 12.2. The van der Waals surface area contributed by atoms with E-state index in [0.717, 1.165) is 42.9 Å². The second-order valence-electron chi connectivity index (χ2n) is 11.2. The molecule has 0 aromatic rings. The molecule has 7 atom stereocenters. The van der Waals surface area contributed by atoms with Gasteiger partial charge in [0.05, 0.1) is 6.61 Å². The minimum atomic E-state index is -0.0296. The van der Waals surface area contributed by atoms with Gasteiger partial charge in [-0.3, -0.25) is 9.59 Å². The first-order valence-corrected chi connectivity index (χ1v) is 12.7. The molecule has 3 heteroatoms. The van der Waals surface area contributed by atoms with Gasteiger partial charge in [0.1, 0.15) is 0 Å². The fourth-order valence-corrected chi connectivity index (χ4v) is 8.48. The zero-order chi connectivity index (χ0) is 21.5. The van der Waals surface area contributed by atoms with Gasteiger partial charge in [0.15, 0.2) is 5.78 Å². The van der Waals surface area contributed by atoms with E-state index in [1.807, 2.05) is 6.92 Å². The Kier molecular flexibility index (Phi) is 6.21. The number of rotatable bonds is 6. The van der Waals surface area contributed by atoms with Crippen molar-refractivity contribution in [1.82, 2.24) is 0 Å². The molecule has 0 bridgehead atoms. The van der Waals surface area contributed by atoms with Crippen molar-refractivity contribution in [2.45, 2.75) is 98.3 Å². The average Bonchev–Trinajstić information content (AvgIpc) is 3.05. The Bertz CT molecular complexity index is 709. The highest BCUT2D eigenvalue weighted by molar-refractivity contribution is 5.91. The van der Waals surface area contributed by atoms with Crippen LogP contribution < -0.4 is 0 Å². The molecule has 0 saturated heterocycles. The molecular weight excluding hydrogens is 372 g/mol. The molecule has 0 spiro atoms. The number of ether oxygens (including phenoxy) is 1. The zero-order valence-corrected chi connectivity index (χ0v) is 19.7. The normalized spacial score (nSPS) is 42.7. The van der Waals surface area contributed by atoms with Crippen molar-refractivity contribution in [1.29, 1.82) is 0 Å². The van der Waals surface area contributed by atoms with Gasteiger partial charge in [-0.1, -0.05) is 26.3 Å². The number of carbonyl (C=O) groups is 2. The molecule has 4 rings (SSSR count). The summed E-state index contributed by atoms with van der Waals surface area (Å²) in [7, 11) is 0. The Morgan fingerprint density at radius 1 is 1.13 bits per heavy atom. The van der Waals surface area contributed by atoms with E-state index >= 15 is 0 Å². The molecule has 7 unspecified atom stereocenters. The monoisotopic (exact) mass is 414 g/mol. The lowest BCUT2D eigenvalue weighted by atomic mass is 9.45. The maximum Gasteiger partial charge on any atom is 0.305 e. The van der Waals surface area contributed by atoms with E-state index in [9.17, 15) is 9.59 Å². The van der Waals surface area contributed by atoms with Gasteiger partial charge in [-0.15, -0.1) is 0 Å². The van der Waals surface area contributed by atoms with Crippen LogP contribution in [-0.2, 0) is 14.3 Å². The van der Waals surface area contributed by atoms with Crippen LogP contribution in [0.25, 0.3) is 0 Å². The first-order chi connectivity index (χ1) is 14.3. The molecule has 4 aliphatic rings. The summed E-state index contributed by atoms with van der Waals surface area (Å²) in [6, 6.07) is 0. The summed E-state index contributed by atoms with van der Waals surface area (Å²) in [5.41, 5.74) is 2.20. The summed E-state index contributed by atoms with van der Waals surface area (Å²) in [6.45, 7) is 9.77. The van der Waals surface area contributed by atoms with E-state index in [1.165, 1.54) is 50.5 Å². The van der Waals surface area contributed by atoms with Gasteiger partial charge in [-0.25, -0.2) is 0 Å². The largest absolute Gasteiger partial charge is 0.466 e. The van der Waals surface area contributed by atoms with Crippen LogP contribution in [0.1, 0.15) is 98.3 Å². The molecule has 0 radical (unpaired) electrons. The number of esters is 1. The second kappa shape index (κ2) is 8.43. The number of fused-ring (bicyclic) bond motifs is 5. The maximum atomic E-state index is 12.2. The SMILES string of the molecule is CCOC(=O)CCCC1CCC2C3CC(CC)C4=CC(=O)CCC4(C)C3CCC12C. The number of carbonyl (C=O) groups excluding carboxylic acids is 2. The summed E-state index contributed by atoms with van der Waals surface area (Å²) < 4.78 is 5.13. The summed E-state index contributed by atoms with van der Waals surface area (Å²) in [5.74, 6) is 4.10. The lowest BCUT2D eigenvalue weighted by Crippen LogP contribution is -2.52. The summed E-state index contributed by atoms with van der Waals surface area (Å²) in [4.78, 5) is 24.0. The number of hydrogen-bond acceptors (Lipinski definition) is 3. The van der Waals surface area contributed by atoms with Gasteiger partial charge in [0.2, 0.25) is 0 Å².